The second kappa shape index (κ2) is 5.53. The second-order valence-electron chi connectivity index (χ2n) is 4.85. The fraction of sp³-hybridized carbons (Fsp3) is 0.467. The fourth-order valence-corrected chi connectivity index (χ4v) is 2.60. The van der Waals surface area contributed by atoms with Crippen molar-refractivity contribution in [2.75, 3.05) is 13.7 Å². The van der Waals surface area contributed by atoms with Gasteiger partial charge in [0.25, 0.3) is 0 Å². The van der Waals surface area contributed by atoms with Gasteiger partial charge in [-0.25, -0.2) is 0 Å². The highest BCUT2D eigenvalue weighted by molar-refractivity contribution is 5.61. The molecule has 0 N–H and O–H groups in total. The molecule has 0 spiro atoms. The van der Waals surface area contributed by atoms with Gasteiger partial charge in [-0.1, -0.05) is 0 Å². The van der Waals surface area contributed by atoms with E-state index in [1.54, 1.807) is 7.11 Å². The van der Waals surface area contributed by atoms with E-state index in [1.807, 2.05) is 25.1 Å². The summed E-state index contributed by atoms with van der Waals surface area (Å²) in [6.07, 6.45) is 3.40. The van der Waals surface area contributed by atoms with E-state index in [9.17, 15) is 0 Å². The van der Waals surface area contributed by atoms with Crippen molar-refractivity contribution in [2.24, 2.45) is 0 Å². The fourth-order valence-electron chi connectivity index (χ4n) is 2.60. The average Bonchev–Trinajstić information content (AvgIpc) is 2.92. The number of aromatic nitrogens is 3. The van der Waals surface area contributed by atoms with Crippen molar-refractivity contribution in [3.8, 4) is 22.9 Å². The lowest BCUT2D eigenvalue weighted by atomic mass is 10.1. The summed E-state index contributed by atoms with van der Waals surface area (Å²) in [4.78, 5) is 0. The Balaban J connectivity index is 2.00. The summed E-state index contributed by atoms with van der Waals surface area (Å²) in [6.45, 7) is 3.57. The number of methoxy groups -OCH3 is 1. The maximum atomic E-state index is 5.55. The first kappa shape index (κ1) is 13.0. The summed E-state index contributed by atoms with van der Waals surface area (Å²) in [5.41, 5.74) is 1.02. The van der Waals surface area contributed by atoms with Crippen LogP contribution in [-0.2, 0) is 13.0 Å². The van der Waals surface area contributed by atoms with E-state index < -0.39 is 0 Å². The molecule has 0 atom stereocenters. The van der Waals surface area contributed by atoms with Crippen molar-refractivity contribution in [1.82, 2.24) is 14.8 Å². The van der Waals surface area contributed by atoms with Crippen molar-refractivity contribution >= 4 is 0 Å². The van der Waals surface area contributed by atoms with Gasteiger partial charge in [0.1, 0.15) is 5.82 Å². The Hall–Kier alpha value is -2.04. The monoisotopic (exact) mass is 273 g/mol. The van der Waals surface area contributed by atoms with Gasteiger partial charge < -0.3 is 14.0 Å². The highest BCUT2D eigenvalue weighted by atomic mass is 16.5. The quantitative estimate of drug-likeness (QED) is 0.859. The van der Waals surface area contributed by atoms with Gasteiger partial charge >= 0.3 is 0 Å². The Morgan fingerprint density at radius 1 is 1.20 bits per heavy atom. The molecule has 5 nitrogen and oxygen atoms in total. The van der Waals surface area contributed by atoms with Gasteiger partial charge in [-0.3, -0.25) is 0 Å². The van der Waals surface area contributed by atoms with Gasteiger partial charge in [0, 0.05) is 18.5 Å². The van der Waals surface area contributed by atoms with E-state index in [0.29, 0.717) is 6.61 Å². The maximum Gasteiger partial charge on any atom is 0.164 e. The summed E-state index contributed by atoms with van der Waals surface area (Å²) in [6, 6.07) is 5.92. The van der Waals surface area contributed by atoms with Crippen LogP contribution in [0, 0.1) is 0 Å². The number of hydrogen-bond acceptors (Lipinski definition) is 4. The van der Waals surface area contributed by atoms with Crippen LogP contribution >= 0.6 is 0 Å². The molecule has 106 valence electrons. The zero-order chi connectivity index (χ0) is 13.9. The Bertz CT molecular complexity index is 607. The maximum absolute atomic E-state index is 5.55. The largest absolute Gasteiger partial charge is 0.493 e. The Morgan fingerprint density at radius 2 is 2.10 bits per heavy atom. The van der Waals surface area contributed by atoms with Crippen LogP contribution in [-0.4, -0.2) is 28.5 Å². The molecule has 2 aromatic rings. The minimum Gasteiger partial charge on any atom is -0.493 e. The number of hydrogen-bond donors (Lipinski definition) is 0. The van der Waals surface area contributed by atoms with Crippen molar-refractivity contribution in [1.29, 1.82) is 0 Å². The van der Waals surface area contributed by atoms with E-state index in [0.717, 1.165) is 41.7 Å². The molecule has 1 aliphatic rings. The molecule has 0 saturated carbocycles. The van der Waals surface area contributed by atoms with Gasteiger partial charge in [0.15, 0.2) is 17.3 Å². The first-order chi connectivity index (χ1) is 9.83. The Labute approximate surface area is 118 Å². The van der Waals surface area contributed by atoms with E-state index in [2.05, 4.69) is 14.8 Å². The predicted octanol–water partition coefficient (Wildman–Crippen LogP) is 2.69. The number of rotatable bonds is 4. The molecule has 0 bridgehead atoms. The smallest absolute Gasteiger partial charge is 0.164 e. The second-order valence-corrected chi connectivity index (χ2v) is 4.85. The molecule has 0 radical (unpaired) electrons. The third kappa shape index (κ3) is 2.24. The number of fused-ring (bicyclic) bond motifs is 1. The highest BCUT2D eigenvalue weighted by Crippen LogP contribution is 2.32. The van der Waals surface area contributed by atoms with Crippen LogP contribution in [0.3, 0.4) is 0 Å². The molecule has 0 amide bonds. The normalized spacial score (nSPS) is 13.9. The minimum atomic E-state index is 0.621. The van der Waals surface area contributed by atoms with E-state index in [4.69, 9.17) is 9.47 Å². The lowest BCUT2D eigenvalue weighted by Gasteiger charge is -2.15. The summed E-state index contributed by atoms with van der Waals surface area (Å²) in [7, 11) is 1.65. The Kier molecular flexibility index (Phi) is 3.58. The van der Waals surface area contributed by atoms with Crippen molar-refractivity contribution in [3.63, 3.8) is 0 Å². The summed E-state index contributed by atoms with van der Waals surface area (Å²) in [5, 5.41) is 8.62. The number of aryl methyl sites for hydroxylation is 1. The SMILES string of the molecule is CCOc1ccc(-c2nnc3n2CCCC3)cc1OC. The van der Waals surface area contributed by atoms with E-state index >= 15 is 0 Å². The molecular formula is C15H19N3O2. The predicted molar refractivity (Wildman–Crippen MR) is 76.1 cm³/mol. The van der Waals surface area contributed by atoms with Crippen LogP contribution in [0.5, 0.6) is 11.5 Å². The molecule has 1 aromatic carbocycles. The molecule has 3 rings (SSSR count). The number of nitrogens with zero attached hydrogens (tertiary/aromatic N) is 3. The standard InChI is InChI=1S/C15H19N3O2/c1-3-20-12-8-7-11(10-13(12)19-2)15-17-16-14-6-4-5-9-18(14)15/h7-8,10H,3-6,9H2,1-2H3. The first-order valence-corrected chi connectivity index (χ1v) is 7.06. The van der Waals surface area contributed by atoms with Crippen molar-refractivity contribution < 1.29 is 9.47 Å². The Morgan fingerprint density at radius 3 is 2.90 bits per heavy atom. The van der Waals surface area contributed by atoms with Gasteiger partial charge in [0.05, 0.1) is 13.7 Å². The van der Waals surface area contributed by atoms with Crippen LogP contribution in [0.4, 0.5) is 0 Å². The van der Waals surface area contributed by atoms with Crippen molar-refractivity contribution in [3.05, 3.63) is 24.0 Å². The molecular weight excluding hydrogens is 254 g/mol. The van der Waals surface area contributed by atoms with Crippen LogP contribution in [0.1, 0.15) is 25.6 Å². The average molecular weight is 273 g/mol. The molecule has 1 aliphatic heterocycles. The van der Waals surface area contributed by atoms with Gasteiger partial charge in [-0.15, -0.1) is 10.2 Å². The zero-order valence-corrected chi connectivity index (χ0v) is 11.9. The molecule has 5 heteroatoms. The molecule has 0 fully saturated rings. The van der Waals surface area contributed by atoms with Crippen molar-refractivity contribution in [2.45, 2.75) is 32.7 Å². The molecule has 0 unspecified atom stereocenters. The zero-order valence-electron chi connectivity index (χ0n) is 11.9. The minimum absolute atomic E-state index is 0.621. The van der Waals surface area contributed by atoms with Crippen LogP contribution < -0.4 is 9.47 Å². The summed E-state index contributed by atoms with van der Waals surface area (Å²) >= 11 is 0. The highest BCUT2D eigenvalue weighted by Gasteiger charge is 2.18. The van der Waals surface area contributed by atoms with Crippen LogP contribution in [0.2, 0.25) is 0 Å². The summed E-state index contributed by atoms with van der Waals surface area (Å²) in [5.74, 6) is 3.50. The van der Waals surface area contributed by atoms with E-state index in [-0.39, 0.29) is 0 Å². The van der Waals surface area contributed by atoms with Gasteiger partial charge in [0.2, 0.25) is 0 Å². The molecule has 0 aliphatic carbocycles. The lowest BCUT2D eigenvalue weighted by Crippen LogP contribution is -2.11. The first-order valence-electron chi connectivity index (χ1n) is 7.06. The van der Waals surface area contributed by atoms with Gasteiger partial charge in [-0.05, 0) is 38.0 Å². The molecule has 0 saturated heterocycles. The van der Waals surface area contributed by atoms with E-state index in [1.165, 1.54) is 12.8 Å². The molecule has 2 heterocycles. The number of ether oxygens (including phenoxy) is 2. The molecule has 1 aromatic heterocycles. The lowest BCUT2D eigenvalue weighted by molar-refractivity contribution is 0.311. The van der Waals surface area contributed by atoms with Crippen LogP contribution in [0.25, 0.3) is 11.4 Å². The van der Waals surface area contributed by atoms with Crippen LogP contribution in [0.15, 0.2) is 18.2 Å². The topological polar surface area (TPSA) is 49.2 Å². The number of benzene rings is 1. The third-order valence-corrected chi connectivity index (χ3v) is 3.58. The molecule has 20 heavy (non-hydrogen) atoms. The third-order valence-electron chi connectivity index (χ3n) is 3.58. The van der Waals surface area contributed by atoms with Gasteiger partial charge in [-0.2, -0.15) is 0 Å². The summed E-state index contributed by atoms with van der Waals surface area (Å²) < 4.78 is 13.2.